The van der Waals surface area contributed by atoms with Crippen molar-refractivity contribution in [3.8, 4) is 0 Å². The molecule has 3 rings (SSSR count). The Bertz CT molecular complexity index is 725. The molecule has 1 aromatic heterocycles. The van der Waals surface area contributed by atoms with E-state index in [2.05, 4.69) is 34.6 Å². The summed E-state index contributed by atoms with van der Waals surface area (Å²) in [7, 11) is 0. The zero-order valence-corrected chi connectivity index (χ0v) is 14.3. The van der Waals surface area contributed by atoms with E-state index in [1.807, 2.05) is 18.2 Å². The van der Waals surface area contributed by atoms with Crippen molar-refractivity contribution in [1.29, 1.82) is 0 Å². The van der Waals surface area contributed by atoms with Crippen LogP contribution in [0, 0.1) is 12.7 Å². The number of nitrogens with one attached hydrogen (secondary N) is 1. The molecule has 6 heteroatoms. The molecule has 0 spiro atoms. The summed E-state index contributed by atoms with van der Waals surface area (Å²) in [5, 5.41) is 12.4. The fourth-order valence-electron chi connectivity index (χ4n) is 2.07. The first-order valence-electron chi connectivity index (χ1n) is 7.20. The van der Waals surface area contributed by atoms with Gasteiger partial charge in [0.2, 0.25) is 5.13 Å². The largest absolute Gasteiger partial charge is 0.356 e. The summed E-state index contributed by atoms with van der Waals surface area (Å²) in [5.41, 5.74) is 3.17. The van der Waals surface area contributed by atoms with Crippen LogP contribution in [0.25, 0.3) is 0 Å². The molecule has 0 bridgehead atoms. The van der Waals surface area contributed by atoms with Crippen LogP contribution < -0.4 is 5.32 Å². The fraction of sp³-hybridized carbons (Fsp3) is 0.176. The van der Waals surface area contributed by atoms with E-state index in [0.29, 0.717) is 11.3 Å². The van der Waals surface area contributed by atoms with Gasteiger partial charge in [-0.15, -0.1) is 10.2 Å². The molecule has 3 aromatic rings. The van der Waals surface area contributed by atoms with Gasteiger partial charge in [0.05, 0.1) is 0 Å². The number of aryl methyl sites for hydroxylation is 1. The molecule has 0 aliphatic carbocycles. The molecule has 118 valence electrons. The zero-order chi connectivity index (χ0) is 16.1. The number of aromatic nitrogens is 2. The predicted molar refractivity (Wildman–Crippen MR) is 94.4 cm³/mol. The molecule has 0 amide bonds. The lowest BCUT2D eigenvalue weighted by Gasteiger charge is -2.05. The van der Waals surface area contributed by atoms with Crippen LogP contribution >= 0.6 is 23.1 Å². The summed E-state index contributed by atoms with van der Waals surface area (Å²) in [6.45, 7) is 2.81. The van der Waals surface area contributed by atoms with Gasteiger partial charge in [0, 0.05) is 12.3 Å². The van der Waals surface area contributed by atoms with Crippen molar-refractivity contribution in [2.45, 2.75) is 23.6 Å². The second kappa shape index (κ2) is 7.57. The van der Waals surface area contributed by atoms with Crippen LogP contribution in [0.5, 0.6) is 0 Å². The number of rotatable bonds is 6. The van der Waals surface area contributed by atoms with Gasteiger partial charge in [0.15, 0.2) is 4.34 Å². The average Bonchev–Trinajstić information content (AvgIpc) is 3.01. The Hall–Kier alpha value is -1.92. The van der Waals surface area contributed by atoms with Crippen LogP contribution in [-0.2, 0) is 12.3 Å². The van der Waals surface area contributed by atoms with E-state index in [9.17, 15) is 4.39 Å². The van der Waals surface area contributed by atoms with E-state index in [1.165, 1.54) is 40.3 Å². The Balaban J connectivity index is 1.56. The van der Waals surface area contributed by atoms with Crippen molar-refractivity contribution in [2.24, 2.45) is 0 Å². The van der Waals surface area contributed by atoms with Crippen LogP contribution in [-0.4, -0.2) is 10.2 Å². The average molecular weight is 345 g/mol. The maximum Gasteiger partial charge on any atom is 0.206 e. The summed E-state index contributed by atoms with van der Waals surface area (Å²) in [6, 6.07) is 15.0. The topological polar surface area (TPSA) is 37.8 Å². The fourth-order valence-corrected chi connectivity index (χ4v) is 3.81. The van der Waals surface area contributed by atoms with Crippen LogP contribution in [0.15, 0.2) is 52.9 Å². The summed E-state index contributed by atoms with van der Waals surface area (Å²) in [6.07, 6.45) is 0. The maximum atomic E-state index is 13.6. The van der Waals surface area contributed by atoms with Gasteiger partial charge >= 0.3 is 0 Å². The van der Waals surface area contributed by atoms with Gasteiger partial charge in [-0.3, -0.25) is 0 Å². The van der Waals surface area contributed by atoms with Crippen LogP contribution in [0.4, 0.5) is 9.52 Å². The zero-order valence-electron chi connectivity index (χ0n) is 12.6. The molecule has 3 nitrogen and oxygen atoms in total. The summed E-state index contributed by atoms with van der Waals surface area (Å²) >= 11 is 2.99. The first-order chi connectivity index (χ1) is 11.2. The second-order valence-electron chi connectivity index (χ2n) is 5.03. The predicted octanol–water partition coefficient (Wildman–Crippen LogP) is 4.89. The highest BCUT2D eigenvalue weighted by molar-refractivity contribution is 8.00. The van der Waals surface area contributed by atoms with Crippen LogP contribution in [0.2, 0.25) is 0 Å². The van der Waals surface area contributed by atoms with Gasteiger partial charge in [0.25, 0.3) is 0 Å². The molecule has 1 heterocycles. The Morgan fingerprint density at radius 3 is 2.57 bits per heavy atom. The van der Waals surface area contributed by atoms with Crippen LogP contribution in [0.3, 0.4) is 0 Å². The number of anilines is 1. The third kappa shape index (κ3) is 4.30. The monoisotopic (exact) mass is 345 g/mol. The molecule has 0 aliphatic heterocycles. The van der Waals surface area contributed by atoms with E-state index < -0.39 is 0 Å². The molecule has 0 saturated heterocycles. The molecule has 0 unspecified atom stereocenters. The van der Waals surface area contributed by atoms with Crippen molar-refractivity contribution >= 4 is 28.2 Å². The van der Waals surface area contributed by atoms with Gasteiger partial charge in [-0.05, 0) is 29.7 Å². The van der Waals surface area contributed by atoms with Gasteiger partial charge in [-0.1, -0.05) is 65.6 Å². The molecule has 2 aromatic carbocycles. The highest BCUT2D eigenvalue weighted by Gasteiger charge is 2.07. The van der Waals surface area contributed by atoms with E-state index in [0.717, 1.165) is 16.0 Å². The highest BCUT2D eigenvalue weighted by atomic mass is 32.2. The first-order valence-corrected chi connectivity index (χ1v) is 9.00. The molecule has 0 aliphatic rings. The Kier molecular flexibility index (Phi) is 5.25. The number of hydrogen-bond acceptors (Lipinski definition) is 5. The Morgan fingerprint density at radius 1 is 1.04 bits per heavy atom. The maximum absolute atomic E-state index is 13.6. The summed E-state index contributed by atoms with van der Waals surface area (Å²) in [5.74, 6) is 0.376. The van der Waals surface area contributed by atoms with E-state index in [1.54, 1.807) is 12.1 Å². The Labute approximate surface area is 143 Å². The highest BCUT2D eigenvalue weighted by Crippen LogP contribution is 2.29. The number of nitrogens with zero attached hydrogens (tertiary/aromatic N) is 2. The van der Waals surface area contributed by atoms with Crippen molar-refractivity contribution < 1.29 is 4.39 Å². The third-order valence-corrected chi connectivity index (χ3v) is 5.47. The van der Waals surface area contributed by atoms with E-state index in [-0.39, 0.29) is 5.82 Å². The third-order valence-electron chi connectivity index (χ3n) is 3.41. The number of thioether (sulfide) groups is 1. The number of benzene rings is 2. The van der Waals surface area contributed by atoms with Gasteiger partial charge in [-0.25, -0.2) is 4.39 Å². The van der Waals surface area contributed by atoms with Gasteiger partial charge in [-0.2, -0.15) is 0 Å². The van der Waals surface area contributed by atoms with Gasteiger partial charge in [0.1, 0.15) is 5.82 Å². The molecule has 23 heavy (non-hydrogen) atoms. The lowest BCUT2D eigenvalue weighted by Crippen LogP contribution is -2.00. The SMILES string of the molecule is Cc1ccccc1CNc1nnc(SCc2ccccc2F)s1. The van der Waals surface area contributed by atoms with E-state index >= 15 is 0 Å². The molecule has 0 fully saturated rings. The normalized spacial score (nSPS) is 10.7. The molecular weight excluding hydrogens is 329 g/mol. The minimum atomic E-state index is -0.178. The van der Waals surface area contributed by atoms with Crippen molar-refractivity contribution in [3.05, 3.63) is 71.0 Å². The van der Waals surface area contributed by atoms with Crippen molar-refractivity contribution in [1.82, 2.24) is 10.2 Å². The molecular formula is C17H16FN3S2. The second-order valence-corrected chi connectivity index (χ2v) is 7.23. The lowest BCUT2D eigenvalue weighted by molar-refractivity contribution is 0.617. The smallest absolute Gasteiger partial charge is 0.206 e. The summed E-state index contributed by atoms with van der Waals surface area (Å²) in [4.78, 5) is 0. The molecule has 0 saturated carbocycles. The van der Waals surface area contributed by atoms with Crippen molar-refractivity contribution in [2.75, 3.05) is 5.32 Å². The molecule has 1 N–H and O–H groups in total. The molecule has 0 radical (unpaired) electrons. The quantitative estimate of drug-likeness (QED) is 0.646. The van der Waals surface area contributed by atoms with Crippen LogP contribution in [0.1, 0.15) is 16.7 Å². The minimum absolute atomic E-state index is 0.178. The first kappa shape index (κ1) is 16.0. The lowest BCUT2D eigenvalue weighted by atomic mass is 10.1. The standard InChI is InChI=1S/C17H16FN3S2/c1-12-6-2-3-7-13(12)10-19-16-20-21-17(23-16)22-11-14-8-4-5-9-15(14)18/h2-9H,10-11H2,1H3,(H,19,20). The summed E-state index contributed by atoms with van der Waals surface area (Å²) < 4.78 is 14.4. The van der Waals surface area contributed by atoms with Crippen molar-refractivity contribution in [3.63, 3.8) is 0 Å². The number of hydrogen-bond donors (Lipinski definition) is 1. The Morgan fingerprint density at radius 2 is 1.78 bits per heavy atom. The molecule has 0 atom stereocenters. The van der Waals surface area contributed by atoms with Gasteiger partial charge < -0.3 is 5.32 Å². The number of halogens is 1. The minimum Gasteiger partial charge on any atom is -0.356 e. The van der Waals surface area contributed by atoms with E-state index in [4.69, 9.17) is 0 Å².